The van der Waals surface area contributed by atoms with Gasteiger partial charge in [-0.15, -0.1) is 11.8 Å². The molecular weight excluding hydrogens is 266 g/mol. The predicted octanol–water partition coefficient (Wildman–Crippen LogP) is 4.46. The average molecular weight is 287 g/mol. The first-order valence-electron chi connectivity index (χ1n) is 7.14. The minimum absolute atomic E-state index is 0.146. The van der Waals surface area contributed by atoms with Crippen molar-refractivity contribution in [2.45, 2.75) is 44.4 Å². The standard InChI is InChI=1S/C17H21NOS/c1-16(2)9-6-10-17(13-18,15(16)19)11-12-20-14-7-4-3-5-8-14/h3-5,7-8H,6,9-12H2,1-2H3. The van der Waals surface area contributed by atoms with Gasteiger partial charge >= 0.3 is 0 Å². The lowest BCUT2D eigenvalue weighted by molar-refractivity contribution is -0.138. The molecule has 1 atom stereocenters. The third kappa shape index (κ3) is 3.07. The maximum Gasteiger partial charge on any atom is 0.158 e. The van der Waals surface area contributed by atoms with Crippen molar-refractivity contribution in [3.8, 4) is 6.07 Å². The Morgan fingerprint density at radius 1 is 1.25 bits per heavy atom. The van der Waals surface area contributed by atoms with Crippen LogP contribution in [-0.2, 0) is 4.79 Å². The summed E-state index contributed by atoms with van der Waals surface area (Å²) < 4.78 is 0. The van der Waals surface area contributed by atoms with Crippen molar-refractivity contribution in [1.82, 2.24) is 0 Å². The number of hydrogen-bond donors (Lipinski definition) is 0. The number of nitrogens with zero attached hydrogens (tertiary/aromatic N) is 1. The van der Waals surface area contributed by atoms with Crippen LogP contribution in [0.25, 0.3) is 0 Å². The van der Waals surface area contributed by atoms with E-state index in [9.17, 15) is 10.1 Å². The van der Waals surface area contributed by atoms with E-state index in [4.69, 9.17) is 0 Å². The van der Waals surface area contributed by atoms with Crippen LogP contribution in [0.4, 0.5) is 0 Å². The van der Waals surface area contributed by atoms with E-state index in [1.165, 1.54) is 4.90 Å². The molecule has 1 aromatic rings. The normalized spacial score (nSPS) is 25.1. The number of Topliss-reactive ketones (excluding diaryl/α,β-unsaturated/α-hetero) is 1. The largest absolute Gasteiger partial charge is 0.297 e. The van der Waals surface area contributed by atoms with E-state index in [2.05, 4.69) is 18.2 Å². The van der Waals surface area contributed by atoms with Gasteiger partial charge in [-0.2, -0.15) is 5.26 Å². The van der Waals surface area contributed by atoms with Crippen LogP contribution in [0.5, 0.6) is 0 Å². The second kappa shape index (κ2) is 6.01. The molecule has 3 heteroatoms. The summed E-state index contributed by atoms with van der Waals surface area (Å²) in [6, 6.07) is 12.5. The highest BCUT2D eigenvalue weighted by Gasteiger charge is 2.48. The Bertz CT molecular complexity index is 518. The van der Waals surface area contributed by atoms with Gasteiger partial charge in [0, 0.05) is 10.3 Å². The minimum Gasteiger partial charge on any atom is -0.297 e. The van der Waals surface area contributed by atoms with E-state index < -0.39 is 5.41 Å². The van der Waals surface area contributed by atoms with Gasteiger partial charge in [0.15, 0.2) is 5.78 Å². The topological polar surface area (TPSA) is 40.9 Å². The Labute approximate surface area is 125 Å². The molecule has 0 saturated heterocycles. The highest BCUT2D eigenvalue weighted by molar-refractivity contribution is 7.99. The van der Waals surface area contributed by atoms with Gasteiger partial charge in [0.2, 0.25) is 0 Å². The van der Waals surface area contributed by atoms with Gasteiger partial charge in [0.05, 0.1) is 6.07 Å². The Balaban J connectivity index is 2.02. The van der Waals surface area contributed by atoms with Crippen molar-refractivity contribution in [2.24, 2.45) is 10.8 Å². The highest BCUT2D eigenvalue weighted by atomic mass is 32.2. The van der Waals surface area contributed by atoms with Crippen molar-refractivity contribution in [3.05, 3.63) is 30.3 Å². The second-order valence-electron chi connectivity index (χ2n) is 6.17. The molecule has 0 N–H and O–H groups in total. The Hall–Kier alpha value is -1.27. The molecule has 1 fully saturated rings. The van der Waals surface area contributed by atoms with Gasteiger partial charge < -0.3 is 0 Å². The molecular formula is C17H21NOS. The van der Waals surface area contributed by atoms with Crippen LogP contribution < -0.4 is 0 Å². The molecule has 1 aliphatic rings. The number of carbonyl (C=O) groups excluding carboxylic acids is 1. The molecule has 106 valence electrons. The summed E-state index contributed by atoms with van der Waals surface area (Å²) in [7, 11) is 0. The molecule has 1 aliphatic carbocycles. The smallest absolute Gasteiger partial charge is 0.158 e. The number of rotatable bonds is 4. The summed E-state index contributed by atoms with van der Waals surface area (Å²) in [5, 5.41) is 9.56. The highest BCUT2D eigenvalue weighted by Crippen LogP contribution is 2.45. The summed E-state index contributed by atoms with van der Waals surface area (Å²) >= 11 is 1.73. The van der Waals surface area contributed by atoms with Crippen LogP contribution in [0, 0.1) is 22.2 Å². The monoisotopic (exact) mass is 287 g/mol. The molecule has 1 unspecified atom stereocenters. The third-order valence-electron chi connectivity index (χ3n) is 4.21. The van der Waals surface area contributed by atoms with Crippen molar-refractivity contribution in [2.75, 3.05) is 5.75 Å². The summed E-state index contributed by atoms with van der Waals surface area (Å²) in [5.41, 5.74) is -1.10. The van der Waals surface area contributed by atoms with Gasteiger partial charge in [-0.1, -0.05) is 38.5 Å². The minimum atomic E-state index is -0.760. The van der Waals surface area contributed by atoms with E-state index in [1.807, 2.05) is 32.0 Å². The average Bonchev–Trinajstić information content (AvgIpc) is 2.45. The first kappa shape index (κ1) is 15.1. The van der Waals surface area contributed by atoms with Crippen LogP contribution in [-0.4, -0.2) is 11.5 Å². The lowest BCUT2D eigenvalue weighted by Crippen LogP contribution is -2.44. The molecule has 0 amide bonds. The van der Waals surface area contributed by atoms with Crippen LogP contribution in [0.15, 0.2) is 35.2 Å². The molecule has 0 bridgehead atoms. The summed E-state index contributed by atoms with van der Waals surface area (Å²) in [4.78, 5) is 13.8. The third-order valence-corrected chi connectivity index (χ3v) is 5.22. The molecule has 0 aliphatic heterocycles. The number of thioether (sulfide) groups is 1. The molecule has 20 heavy (non-hydrogen) atoms. The van der Waals surface area contributed by atoms with Gasteiger partial charge in [-0.25, -0.2) is 0 Å². The summed E-state index contributed by atoms with van der Waals surface area (Å²) in [6.07, 6.45) is 3.26. The predicted molar refractivity (Wildman–Crippen MR) is 82.5 cm³/mol. The second-order valence-corrected chi connectivity index (χ2v) is 7.34. The van der Waals surface area contributed by atoms with Crippen LogP contribution in [0.1, 0.15) is 39.5 Å². The SMILES string of the molecule is CC1(C)CCCC(C#N)(CCSc2ccccc2)C1=O. The van der Waals surface area contributed by atoms with Gasteiger partial charge in [0.1, 0.15) is 5.41 Å². The fourth-order valence-corrected chi connectivity index (χ4v) is 4.00. The maximum absolute atomic E-state index is 12.6. The van der Waals surface area contributed by atoms with Crippen molar-refractivity contribution in [1.29, 1.82) is 5.26 Å². The zero-order valence-corrected chi connectivity index (χ0v) is 13.0. The summed E-state index contributed by atoms with van der Waals surface area (Å²) in [5.74, 6) is 0.965. The number of ketones is 1. The van der Waals surface area contributed by atoms with E-state index in [1.54, 1.807) is 11.8 Å². The van der Waals surface area contributed by atoms with Crippen molar-refractivity contribution < 1.29 is 4.79 Å². The number of benzene rings is 1. The Morgan fingerprint density at radius 3 is 2.60 bits per heavy atom. The van der Waals surface area contributed by atoms with Crippen molar-refractivity contribution >= 4 is 17.5 Å². The molecule has 0 aromatic heterocycles. The fourth-order valence-electron chi connectivity index (χ4n) is 2.97. The molecule has 2 rings (SSSR count). The van der Waals surface area contributed by atoms with E-state index >= 15 is 0 Å². The lowest BCUT2D eigenvalue weighted by Gasteiger charge is -2.38. The Morgan fingerprint density at radius 2 is 1.95 bits per heavy atom. The van der Waals surface area contributed by atoms with Crippen LogP contribution in [0.3, 0.4) is 0 Å². The Kier molecular flexibility index (Phi) is 4.55. The fraction of sp³-hybridized carbons (Fsp3) is 0.529. The van der Waals surface area contributed by atoms with E-state index in [0.717, 1.165) is 25.0 Å². The molecule has 1 aromatic carbocycles. The maximum atomic E-state index is 12.6. The van der Waals surface area contributed by atoms with Gasteiger partial charge in [-0.05, 0) is 37.1 Å². The van der Waals surface area contributed by atoms with E-state index in [-0.39, 0.29) is 11.2 Å². The van der Waals surface area contributed by atoms with Crippen LogP contribution >= 0.6 is 11.8 Å². The molecule has 0 radical (unpaired) electrons. The molecule has 0 heterocycles. The zero-order chi connectivity index (χ0) is 14.6. The lowest BCUT2D eigenvalue weighted by atomic mass is 9.62. The van der Waals surface area contributed by atoms with Gasteiger partial charge in [0.25, 0.3) is 0 Å². The quantitative estimate of drug-likeness (QED) is 0.768. The van der Waals surface area contributed by atoms with Crippen LogP contribution in [0.2, 0.25) is 0 Å². The molecule has 2 nitrogen and oxygen atoms in total. The van der Waals surface area contributed by atoms with Gasteiger partial charge in [-0.3, -0.25) is 4.79 Å². The van der Waals surface area contributed by atoms with E-state index in [0.29, 0.717) is 6.42 Å². The number of nitriles is 1. The first-order valence-corrected chi connectivity index (χ1v) is 8.13. The molecule has 0 spiro atoms. The number of carbonyl (C=O) groups is 1. The zero-order valence-electron chi connectivity index (χ0n) is 12.2. The number of hydrogen-bond acceptors (Lipinski definition) is 3. The van der Waals surface area contributed by atoms with Crippen molar-refractivity contribution in [3.63, 3.8) is 0 Å². The summed E-state index contributed by atoms with van der Waals surface area (Å²) in [6.45, 7) is 3.95. The molecule has 1 saturated carbocycles. The first-order chi connectivity index (χ1) is 9.50.